The maximum absolute atomic E-state index is 12.2. The summed E-state index contributed by atoms with van der Waals surface area (Å²) in [6.07, 6.45) is 0. The zero-order chi connectivity index (χ0) is 17.8. The molecule has 128 valence electrons. The Hall–Kier alpha value is -3.28. The molecule has 0 bridgehead atoms. The van der Waals surface area contributed by atoms with Crippen molar-refractivity contribution in [1.82, 2.24) is 16.2 Å². The first-order valence-corrected chi connectivity index (χ1v) is 7.92. The normalized spacial score (nSPS) is 10.5. The summed E-state index contributed by atoms with van der Waals surface area (Å²) >= 11 is 0. The van der Waals surface area contributed by atoms with Crippen LogP contribution in [0.15, 0.2) is 52.9 Å². The fourth-order valence-corrected chi connectivity index (χ4v) is 2.61. The van der Waals surface area contributed by atoms with Crippen molar-refractivity contribution in [2.24, 2.45) is 0 Å². The molecular formula is C19H19N3O3. The summed E-state index contributed by atoms with van der Waals surface area (Å²) in [6, 6.07) is 14.7. The molecule has 25 heavy (non-hydrogen) atoms. The van der Waals surface area contributed by atoms with E-state index in [0.717, 1.165) is 22.1 Å². The number of hydrogen-bond donors (Lipinski definition) is 3. The summed E-state index contributed by atoms with van der Waals surface area (Å²) in [7, 11) is 0. The smallest absolute Gasteiger partial charge is 0.333 e. The molecule has 3 rings (SSSR count). The van der Waals surface area contributed by atoms with Gasteiger partial charge in [-0.2, -0.15) is 0 Å². The lowest BCUT2D eigenvalue weighted by Gasteiger charge is -2.09. The number of urea groups is 1. The second kappa shape index (κ2) is 7.09. The van der Waals surface area contributed by atoms with Crippen molar-refractivity contribution < 1.29 is 14.0 Å². The second-order valence-electron chi connectivity index (χ2n) is 5.80. The molecule has 0 spiro atoms. The SMILES string of the molecule is Cc1cccc(CNC(=O)NNC(=O)c2oc3ccccc3c2C)c1. The van der Waals surface area contributed by atoms with Gasteiger partial charge in [-0.1, -0.05) is 48.0 Å². The predicted octanol–water partition coefficient (Wildman–Crippen LogP) is 3.19. The summed E-state index contributed by atoms with van der Waals surface area (Å²) in [5.74, 6) is -0.320. The van der Waals surface area contributed by atoms with Crippen LogP contribution in [0.25, 0.3) is 11.0 Å². The number of hydrazine groups is 1. The molecule has 1 aromatic heterocycles. The van der Waals surface area contributed by atoms with E-state index in [1.54, 1.807) is 13.0 Å². The van der Waals surface area contributed by atoms with Crippen LogP contribution in [0, 0.1) is 13.8 Å². The van der Waals surface area contributed by atoms with E-state index in [-0.39, 0.29) is 5.76 Å². The molecule has 1 heterocycles. The van der Waals surface area contributed by atoms with Crippen LogP contribution in [0.5, 0.6) is 0 Å². The Balaban J connectivity index is 1.56. The van der Waals surface area contributed by atoms with Gasteiger partial charge in [0.15, 0.2) is 5.76 Å². The third kappa shape index (κ3) is 3.80. The zero-order valence-corrected chi connectivity index (χ0v) is 14.1. The number of nitrogens with one attached hydrogen (secondary N) is 3. The van der Waals surface area contributed by atoms with Crippen molar-refractivity contribution in [3.8, 4) is 0 Å². The average molecular weight is 337 g/mol. The number of amides is 3. The minimum absolute atomic E-state index is 0.181. The first kappa shape index (κ1) is 16.6. The monoisotopic (exact) mass is 337 g/mol. The molecule has 0 unspecified atom stereocenters. The number of carbonyl (C=O) groups excluding carboxylic acids is 2. The summed E-state index contributed by atoms with van der Waals surface area (Å²) in [6.45, 7) is 4.16. The molecule has 0 atom stereocenters. The number of aryl methyl sites for hydroxylation is 2. The predicted molar refractivity (Wildman–Crippen MR) is 95.0 cm³/mol. The molecule has 3 N–H and O–H groups in total. The van der Waals surface area contributed by atoms with E-state index >= 15 is 0 Å². The summed E-state index contributed by atoms with van der Waals surface area (Å²) in [5.41, 5.74) is 8.15. The molecule has 3 amide bonds. The van der Waals surface area contributed by atoms with Crippen molar-refractivity contribution in [3.05, 3.63) is 71.0 Å². The van der Waals surface area contributed by atoms with Gasteiger partial charge in [0.1, 0.15) is 5.58 Å². The second-order valence-corrected chi connectivity index (χ2v) is 5.80. The quantitative estimate of drug-likeness (QED) is 0.642. The number of hydrogen-bond acceptors (Lipinski definition) is 3. The number of furan rings is 1. The maximum atomic E-state index is 12.2. The molecule has 0 aliphatic rings. The third-order valence-electron chi connectivity index (χ3n) is 3.88. The van der Waals surface area contributed by atoms with Gasteiger partial charge >= 0.3 is 11.9 Å². The first-order chi connectivity index (χ1) is 12.0. The van der Waals surface area contributed by atoms with E-state index in [9.17, 15) is 9.59 Å². The highest BCUT2D eigenvalue weighted by Crippen LogP contribution is 2.24. The Labute approximate surface area is 145 Å². The number of carbonyl (C=O) groups is 2. The van der Waals surface area contributed by atoms with Crippen molar-refractivity contribution in [3.63, 3.8) is 0 Å². The van der Waals surface area contributed by atoms with Crippen molar-refractivity contribution in [2.45, 2.75) is 20.4 Å². The fourth-order valence-electron chi connectivity index (χ4n) is 2.61. The van der Waals surface area contributed by atoms with Crippen LogP contribution < -0.4 is 16.2 Å². The summed E-state index contributed by atoms with van der Waals surface area (Å²) in [5, 5.41) is 3.55. The Morgan fingerprint density at radius 2 is 1.80 bits per heavy atom. The number of para-hydroxylation sites is 1. The molecule has 2 aromatic carbocycles. The van der Waals surface area contributed by atoms with Crippen LogP contribution in [-0.4, -0.2) is 11.9 Å². The highest BCUT2D eigenvalue weighted by Gasteiger charge is 2.17. The third-order valence-corrected chi connectivity index (χ3v) is 3.88. The number of benzene rings is 2. The van der Waals surface area contributed by atoms with E-state index in [2.05, 4.69) is 16.2 Å². The van der Waals surface area contributed by atoms with Gasteiger partial charge < -0.3 is 9.73 Å². The van der Waals surface area contributed by atoms with Gasteiger partial charge in [0.25, 0.3) is 0 Å². The van der Waals surface area contributed by atoms with Crippen molar-refractivity contribution >= 4 is 22.9 Å². The molecule has 0 aliphatic heterocycles. The molecule has 6 nitrogen and oxygen atoms in total. The fraction of sp³-hybridized carbons (Fsp3) is 0.158. The van der Waals surface area contributed by atoms with Crippen LogP contribution in [0.3, 0.4) is 0 Å². The molecular weight excluding hydrogens is 318 g/mol. The van der Waals surface area contributed by atoms with E-state index in [4.69, 9.17) is 4.42 Å². The summed E-state index contributed by atoms with van der Waals surface area (Å²) < 4.78 is 5.55. The Morgan fingerprint density at radius 3 is 2.56 bits per heavy atom. The Kier molecular flexibility index (Phi) is 4.70. The Bertz CT molecular complexity index is 931. The van der Waals surface area contributed by atoms with Gasteiger partial charge in [0.2, 0.25) is 0 Å². The number of rotatable bonds is 3. The minimum Gasteiger partial charge on any atom is -0.451 e. The molecule has 6 heteroatoms. The van der Waals surface area contributed by atoms with Crippen molar-refractivity contribution in [2.75, 3.05) is 0 Å². The minimum atomic E-state index is -0.501. The molecule has 0 saturated heterocycles. The zero-order valence-electron chi connectivity index (χ0n) is 14.1. The largest absolute Gasteiger partial charge is 0.451 e. The lowest BCUT2D eigenvalue weighted by molar-refractivity contribution is 0.0909. The highest BCUT2D eigenvalue weighted by atomic mass is 16.3. The molecule has 3 aromatic rings. The van der Waals surface area contributed by atoms with Crippen LogP contribution in [0.1, 0.15) is 27.2 Å². The lowest BCUT2D eigenvalue weighted by Crippen LogP contribution is -2.46. The molecule has 0 saturated carbocycles. The van der Waals surface area contributed by atoms with E-state index in [1.807, 2.05) is 49.4 Å². The topological polar surface area (TPSA) is 83.4 Å². The van der Waals surface area contributed by atoms with E-state index in [0.29, 0.717) is 12.1 Å². The summed E-state index contributed by atoms with van der Waals surface area (Å²) in [4.78, 5) is 24.0. The van der Waals surface area contributed by atoms with Gasteiger partial charge in [0, 0.05) is 17.5 Å². The maximum Gasteiger partial charge on any atom is 0.333 e. The lowest BCUT2D eigenvalue weighted by atomic mass is 10.1. The average Bonchev–Trinajstić information content (AvgIpc) is 2.95. The van der Waals surface area contributed by atoms with Crippen LogP contribution in [0.4, 0.5) is 4.79 Å². The van der Waals surface area contributed by atoms with Crippen LogP contribution in [-0.2, 0) is 6.54 Å². The first-order valence-electron chi connectivity index (χ1n) is 7.92. The van der Waals surface area contributed by atoms with Gasteiger partial charge in [-0.15, -0.1) is 0 Å². The van der Waals surface area contributed by atoms with Crippen LogP contribution >= 0.6 is 0 Å². The van der Waals surface area contributed by atoms with Gasteiger partial charge in [-0.05, 0) is 25.5 Å². The van der Waals surface area contributed by atoms with Gasteiger partial charge in [-0.3, -0.25) is 10.2 Å². The number of fused-ring (bicyclic) bond motifs is 1. The standard InChI is InChI=1S/C19H19N3O3/c1-12-6-5-7-14(10-12)11-20-19(24)22-21-18(23)17-13(2)15-8-3-4-9-16(15)25-17/h3-10H,11H2,1-2H3,(H,21,23)(H2,20,22,24). The highest BCUT2D eigenvalue weighted by molar-refractivity contribution is 5.99. The van der Waals surface area contributed by atoms with E-state index < -0.39 is 11.9 Å². The molecule has 0 fully saturated rings. The van der Waals surface area contributed by atoms with Crippen molar-refractivity contribution in [1.29, 1.82) is 0 Å². The molecule has 0 aliphatic carbocycles. The Morgan fingerprint density at radius 1 is 1.00 bits per heavy atom. The van der Waals surface area contributed by atoms with Gasteiger partial charge in [-0.25, -0.2) is 10.2 Å². The van der Waals surface area contributed by atoms with E-state index in [1.165, 1.54) is 0 Å². The molecule has 0 radical (unpaired) electrons. The van der Waals surface area contributed by atoms with Gasteiger partial charge in [0.05, 0.1) is 0 Å². The van der Waals surface area contributed by atoms with Crippen LogP contribution in [0.2, 0.25) is 0 Å².